The molecule has 0 fully saturated rings. The van der Waals surface area contributed by atoms with Crippen molar-refractivity contribution in [2.24, 2.45) is 7.05 Å². The normalized spacial score (nSPS) is 12.6. The van der Waals surface area contributed by atoms with Gasteiger partial charge in [0.25, 0.3) is 0 Å². The highest BCUT2D eigenvalue weighted by molar-refractivity contribution is 7.85. The van der Waals surface area contributed by atoms with Gasteiger partial charge in [0.2, 0.25) is 0 Å². The van der Waals surface area contributed by atoms with E-state index in [1.54, 1.807) is 29.1 Å². The Morgan fingerprint density at radius 3 is 2.89 bits per heavy atom. The van der Waals surface area contributed by atoms with Gasteiger partial charge in [-0.15, -0.1) is 0 Å². The molecule has 0 aliphatic rings. The number of hydrogen-bond donors (Lipinski definition) is 1. The highest BCUT2D eigenvalue weighted by Crippen LogP contribution is 2.22. The zero-order valence-electron chi connectivity index (χ0n) is 9.97. The van der Waals surface area contributed by atoms with Crippen LogP contribution in [0.4, 0.5) is 5.69 Å². The minimum Gasteiger partial charge on any atom is -0.399 e. The maximum absolute atomic E-state index is 12.1. The van der Waals surface area contributed by atoms with Gasteiger partial charge in [-0.05, 0) is 30.2 Å². The molecule has 0 saturated carbocycles. The molecule has 1 heterocycles. The number of aromatic nitrogens is 2. The van der Waals surface area contributed by atoms with Crippen LogP contribution in [0.25, 0.3) is 0 Å². The maximum atomic E-state index is 12.1. The topological polar surface area (TPSA) is 60.9 Å². The summed E-state index contributed by atoms with van der Waals surface area (Å²) >= 11 is 6.02. The van der Waals surface area contributed by atoms with Crippen LogP contribution in [0.2, 0.25) is 5.02 Å². The average molecular weight is 284 g/mol. The lowest BCUT2D eigenvalue weighted by Gasteiger charge is -2.04. The summed E-state index contributed by atoms with van der Waals surface area (Å²) in [5.41, 5.74) is 7.24. The van der Waals surface area contributed by atoms with Crippen molar-refractivity contribution in [1.29, 1.82) is 0 Å². The molecule has 18 heavy (non-hydrogen) atoms. The predicted molar refractivity (Wildman–Crippen MR) is 74.1 cm³/mol. The number of nitrogens with two attached hydrogens (primary N) is 1. The van der Waals surface area contributed by atoms with Crippen LogP contribution in [0.1, 0.15) is 5.56 Å². The first-order valence-electron chi connectivity index (χ1n) is 5.47. The fourth-order valence-electron chi connectivity index (χ4n) is 1.62. The van der Waals surface area contributed by atoms with Crippen molar-refractivity contribution in [1.82, 2.24) is 9.78 Å². The van der Waals surface area contributed by atoms with E-state index in [9.17, 15) is 4.21 Å². The molecule has 0 spiro atoms. The minimum atomic E-state index is -1.12. The fraction of sp³-hybridized carbons (Fsp3) is 0.250. The van der Waals surface area contributed by atoms with Gasteiger partial charge in [0.15, 0.2) is 0 Å². The van der Waals surface area contributed by atoms with Crippen LogP contribution < -0.4 is 5.73 Å². The number of rotatable bonds is 4. The Bertz CT molecular complexity index is 582. The molecule has 0 amide bonds. The molecule has 0 bridgehead atoms. The molecule has 0 aliphatic heterocycles. The van der Waals surface area contributed by atoms with Crippen LogP contribution in [0, 0.1) is 0 Å². The molecule has 6 heteroatoms. The average Bonchev–Trinajstić information content (AvgIpc) is 2.72. The third-order valence-corrected chi connectivity index (χ3v) is 4.38. The van der Waals surface area contributed by atoms with Gasteiger partial charge in [-0.3, -0.25) is 8.89 Å². The molecule has 1 unspecified atom stereocenters. The van der Waals surface area contributed by atoms with E-state index in [-0.39, 0.29) is 0 Å². The maximum Gasteiger partial charge on any atom is 0.0587 e. The second kappa shape index (κ2) is 5.54. The molecule has 2 N–H and O–H groups in total. The lowest BCUT2D eigenvalue weighted by Crippen LogP contribution is -2.02. The monoisotopic (exact) mass is 283 g/mol. The third kappa shape index (κ3) is 3.11. The van der Waals surface area contributed by atoms with Crippen molar-refractivity contribution in [2.45, 2.75) is 11.3 Å². The van der Waals surface area contributed by atoms with E-state index in [1.165, 1.54) is 0 Å². The van der Waals surface area contributed by atoms with E-state index in [0.717, 1.165) is 5.56 Å². The summed E-state index contributed by atoms with van der Waals surface area (Å²) in [5, 5.41) is 4.53. The predicted octanol–water partition coefficient (Wildman–Crippen LogP) is 2.01. The van der Waals surface area contributed by atoms with Crippen LogP contribution >= 0.6 is 11.6 Å². The van der Waals surface area contributed by atoms with E-state index in [2.05, 4.69) is 5.10 Å². The lowest BCUT2D eigenvalue weighted by molar-refractivity contribution is 0.682. The highest BCUT2D eigenvalue weighted by Gasteiger charge is 2.09. The molecule has 0 saturated heterocycles. The molecule has 2 aromatic rings. The Morgan fingerprint density at radius 2 is 2.28 bits per heavy atom. The molecule has 96 valence electrons. The van der Waals surface area contributed by atoms with Crippen LogP contribution in [0.3, 0.4) is 0 Å². The number of hydrogen-bond acceptors (Lipinski definition) is 3. The summed E-state index contributed by atoms with van der Waals surface area (Å²) in [7, 11) is 0.739. The number of halogens is 1. The van der Waals surface area contributed by atoms with Crippen molar-refractivity contribution in [3.05, 3.63) is 41.2 Å². The summed E-state index contributed by atoms with van der Waals surface area (Å²) in [5.74, 6) is 0.523. The van der Waals surface area contributed by atoms with Crippen LogP contribution in [-0.2, 0) is 24.3 Å². The number of nitrogens with zero attached hydrogens (tertiary/aromatic N) is 2. The quantitative estimate of drug-likeness (QED) is 0.873. The summed E-state index contributed by atoms with van der Waals surface area (Å²) in [4.78, 5) is 0.634. The molecule has 0 radical (unpaired) electrons. The Morgan fingerprint density at radius 1 is 1.50 bits per heavy atom. The van der Waals surface area contributed by atoms with Crippen molar-refractivity contribution >= 4 is 28.1 Å². The highest BCUT2D eigenvalue weighted by atomic mass is 35.5. The fourth-order valence-corrected chi connectivity index (χ4v) is 3.21. The molecule has 1 aromatic heterocycles. The molecular weight excluding hydrogens is 270 g/mol. The Balaban J connectivity index is 2.03. The first-order valence-corrected chi connectivity index (χ1v) is 7.17. The first-order chi connectivity index (χ1) is 8.56. The summed E-state index contributed by atoms with van der Waals surface area (Å²) in [6.45, 7) is 0. The van der Waals surface area contributed by atoms with E-state index in [0.29, 0.717) is 27.8 Å². The van der Waals surface area contributed by atoms with Gasteiger partial charge in [-0.25, -0.2) is 0 Å². The van der Waals surface area contributed by atoms with E-state index in [4.69, 9.17) is 17.3 Å². The van der Waals surface area contributed by atoms with Gasteiger partial charge in [-0.2, -0.15) is 5.10 Å². The van der Waals surface area contributed by atoms with Gasteiger partial charge >= 0.3 is 0 Å². The van der Waals surface area contributed by atoms with Crippen LogP contribution in [0.5, 0.6) is 0 Å². The zero-order chi connectivity index (χ0) is 13.1. The second-order valence-corrected chi connectivity index (χ2v) is 5.96. The molecule has 1 atom stereocenters. The van der Waals surface area contributed by atoms with E-state index >= 15 is 0 Å². The second-order valence-electron chi connectivity index (χ2n) is 4.01. The Kier molecular flexibility index (Phi) is 4.04. The van der Waals surface area contributed by atoms with Crippen LogP contribution in [-0.4, -0.2) is 19.7 Å². The van der Waals surface area contributed by atoms with Gasteiger partial charge in [-0.1, -0.05) is 11.6 Å². The SMILES string of the molecule is Cn1cc(CCS(=O)c2ccc(N)cc2Cl)cn1. The Labute approximate surface area is 113 Å². The standard InChI is InChI=1S/C12H14ClN3OS/c1-16-8-9(7-15-16)4-5-18(17)12-3-2-10(14)6-11(12)13/h2-3,6-8H,4-5,14H2,1H3. The largest absolute Gasteiger partial charge is 0.399 e. The van der Waals surface area contributed by atoms with Crippen molar-refractivity contribution in [2.75, 3.05) is 11.5 Å². The number of aryl methyl sites for hydroxylation is 2. The number of anilines is 1. The molecule has 0 aliphatic carbocycles. The van der Waals surface area contributed by atoms with E-state index < -0.39 is 10.8 Å². The van der Waals surface area contributed by atoms with Gasteiger partial charge in [0, 0.05) is 24.7 Å². The lowest BCUT2D eigenvalue weighted by atomic mass is 10.3. The minimum absolute atomic E-state index is 0.458. The molecule has 4 nitrogen and oxygen atoms in total. The molecule has 1 aromatic carbocycles. The Hall–Kier alpha value is -1.33. The van der Waals surface area contributed by atoms with Gasteiger partial charge in [0.05, 0.1) is 26.9 Å². The van der Waals surface area contributed by atoms with Crippen molar-refractivity contribution < 1.29 is 4.21 Å². The smallest absolute Gasteiger partial charge is 0.0587 e. The summed E-state index contributed by atoms with van der Waals surface area (Å²) in [6.07, 6.45) is 4.41. The third-order valence-electron chi connectivity index (χ3n) is 2.54. The van der Waals surface area contributed by atoms with Gasteiger partial charge in [0.1, 0.15) is 0 Å². The van der Waals surface area contributed by atoms with Crippen LogP contribution in [0.15, 0.2) is 35.5 Å². The molecular formula is C12H14ClN3OS. The number of benzene rings is 1. The molecule has 2 rings (SSSR count). The summed E-state index contributed by atoms with van der Waals surface area (Å²) in [6, 6.07) is 5.05. The van der Waals surface area contributed by atoms with Crippen molar-refractivity contribution in [3.8, 4) is 0 Å². The first kappa shape index (κ1) is 13.1. The van der Waals surface area contributed by atoms with Crippen molar-refractivity contribution in [3.63, 3.8) is 0 Å². The summed E-state index contributed by atoms with van der Waals surface area (Å²) < 4.78 is 13.8. The number of nitrogen functional groups attached to an aromatic ring is 1. The van der Waals surface area contributed by atoms with Gasteiger partial charge < -0.3 is 5.73 Å². The zero-order valence-corrected chi connectivity index (χ0v) is 11.5. The van der Waals surface area contributed by atoms with E-state index in [1.807, 2.05) is 13.2 Å².